The lowest BCUT2D eigenvalue weighted by Gasteiger charge is -2.13. The Morgan fingerprint density at radius 3 is 2.93 bits per heavy atom. The molecule has 0 saturated heterocycles. The molecule has 3 aromatic rings. The van der Waals surface area contributed by atoms with Crippen LogP contribution in [0.5, 0.6) is 5.75 Å². The molecule has 30 heavy (non-hydrogen) atoms. The predicted octanol–water partition coefficient (Wildman–Crippen LogP) is 4.11. The summed E-state index contributed by atoms with van der Waals surface area (Å²) in [4.78, 5) is 25.7. The molecular formula is C21H23N5O3S. The number of allylic oxidation sites excluding steroid dienone is 1. The number of nitrogens with one attached hydrogen (secondary N) is 2. The Bertz CT molecular complexity index is 1110. The molecule has 2 heterocycles. The van der Waals surface area contributed by atoms with E-state index in [2.05, 4.69) is 32.3 Å². The number of nitrogens with zero attached hydrogens (tertiary/aromatic N) is 3. The van der Waals surface area contributed by atoms with E-state index in [1.807, 2.05) is 26.0 Å². The highest BCUT2D eigenvalue weighted by molar-refractivity contribution is 7.17. The number of anilines is 2. The summed E-state index contributed by atoms with van der Waals surface area (Å²) in [5.74, 6) is 0.517. The van der Waals surface area contributed by atoms with Crippen LogP contribution in [0.2, 0.25) is 0 Å². The van der Waals surface area contributed by atoms with Crippen molar-refractivity contribution < 1.29 is 14.6 Å². The molecule has 0 aliphatic carbocycles. The highest BCUT2D eigenvalue weighted by Crippen LogP contribution is 2.35. The van der Waals surface area contributed by atoms with Crippen LogP contribution < -0.4 is 15.4 Å². The molecule has 3 rings (SSSR count). The highest BCUT2D eigenvalue weighted by atomic mass is 32.1. The molecule has 0 spiro atoms. The smallest absolute Gasteiger partial charge is 0.258 e. The molecule has 0 aliphatic rings. The fraction of sp³-hybridized carbons (Fsp3) is 0.238. The van der Waals surface area contributed by atoms with Crippen molar-refractivity contribution in [1.29, 1.82) is 0 Å². The summed E-state index contributed by atoms with van der Waals surface area (Å²) < 4.78 is 6.21. The lowest BCUT2D eigenvalue weighted by atomic mass is 10.1. The Balaban J connectivity index is 1.96. The zero-order valence-corrected chi connectivity index (χ0v) is 17.8. The van der Waals surface area contributed by atoms with Crippen molar-refractivity contribution in [2.45, 2.75) is 19.9 Å². The first-order valence-corrected chi connectivity index (χ1v) is 10.1. The first kappa shape index (κ1) is 21.4. The van der Waals surface area contributed by atoms with Crippen LogP contribution in [0.3, 0.4) is 0 Å². The van der Waals surface area contributed by atoms with E-state index in [1.165, 1.54) is 18.4 Å². The zero-order chi connectivity index (χ0) is 21.7. The Labute approximate surface area is 178 Å². The summed E-state index contributed by atoms with van der Waals surface area (Å²) in [5.41, 5.74) is 2.95. The van der Waals surface area contributed by atoms with Gasteiger partial charge in [0.1, 0.15) is 5.75 Å². The van der Waals surface area contributed by atoms with Gasteiger partial charge < -0.3 is 20.5 Å². The van der Waals surface area contributed by atoms with Crippen LogP contribution in [-0.4, -0.2) is 47.5 Å². The number of benzene rings is 1. The van der Waals surface area contributed by atoms with Crippen LogP contribution in [0.1, 0.15) is 29.8 Å². The lowest BCUT2D eigenvalue weighted by Crippen LogP contribution is -2.21. The van der Waals surface area contributed by atoms with Gasteiger partial charge in [0, 0.05) is 23.1 Å². The number of amides is 1. The number of fused-ring (bicyclic) bond motifs is 1. The van der Waals surface area contributed by atoms with Gasteiger partial charge in [-0.05, 0) is 26.6 Å². The number of aliphatic imine (C=N–C) groups is 1. The van der Waals surface area contributed by atoms with Gasteiger partial charge in [-0.3, -0.25) is 9.79 Å². The molecule has 0 radical (unpaired) electrons. The molecule has 156 valence electrons. The van der Waals surface area contributed by atoms with Gasteiger partial charge in [-0.2, -0.15) is 0 Å². The van der Waals surface area contributed by atoms with Crippen molar-refractivity contribution in [1.82, 2.24) is 9.97 Å². The van der Waals surface area contributed by atoms with Gasteiger partial charge in [-0.1, -0.05) is 12.2 Å². The molecule has 1 atom stereocenters. The van der Waals surface area contributed by atoms with E-state index in [0.29, 0.717) is 34.2 Å². The average molecular weight is 426 g/mol. The highest BCUT2D eigenvalue weighted by Gasteiger charge is 2.18. The van der Waals surface area contributed by atoms with Crippen LogP contribution in [-0.2, 0) is 0 Å². The number of aliphatic hydroxyl groups excluding tert-OH is 1. The number of methoxy groups -OCH3 is 1. The summed E-state index contributed by atoms with van der Waals surface area (Å²) in [6.07, 6.45) is 5.42. The summed E-state index contributed by atoms with van der Waals surface area (Å²) >= 11 is 1.38. The molecule has 0 bridgehead atoms. The van der Waals surface area contributed by atoms with Crippen LogP contribution >= 0.6 is 11.3 Å². The van der Waals surface area contributed by atoms with Crippen LogP contribution in [0.15, 0.2) is 34.8 Å². The van der Waals surface area contributed by atoms with E-state index >= 15 is 0 Å². The van der Waals surface area contributed by atoms with Gasteiger partial charge in [0.25, 0.3) is 5.91 Å². The van der Waals surface area contributed by atoms with Gasteiger partial charge in [-0.15, -0.1) is 11.3 Å². The third kappa shape index (κ3) is 4.47. The second kappa shape index (κ2) is 9.47. The molecule has 0 aliphatic heterocycles. The van der Waals surface area contributed by atoms with Crippen molar-refractivity contribution in [2.75, 3.05) is 24.4 Å². The van der Waals surface area contributed by atoms with Crippen LogP contribution in [0.25, 0.3) is 16.3 Å². The second-order valence-electron chi connectivity index (χ2n) is 6.51. The van der Waals surface area contributed by atoms with Crippen molar-refractivity contribution in [3.05, 3.63) is 40.9 Å². The van der Waals surface area contributed by atoms with Crippen molar-refractivity contribution >= 4 is 57.6 Å². The minimum Gasteiger partial charge on any atom is -0.494 e. The number of thiophene rings is 1. The number of aromatic nitrogens is 2. The molecule has 3 N–H and O–H groups in total. The maximum Gasteiger partial charge on any atom is 0.258 e. The van der Waals surface area contributed by atoms with E-state index in [-0.39, 0.29) is 18.6 Å². The summed E-state index contributed by atoms with van der Waals surface area (Å²) in [7, 11) is 1.53. The first-order chi connectivity index (χ1) is 14.5. The van der Waals surface area contributed by atoms with Gasteiger partial charge in [0.05, 0.1) is 47.1 Å². The predicted molar refractivity (Wildman–Crippen MR) is 122 cm³/mol. The van der Waals surface area contributed by atoms with E-state index in [4.69, 9.17) is 4.74 Å². The molecule has 0 saturated carbocycles. The SMILES string of the molecule is C=Nc1cc(OC)c(NC(=O)c2csc3cnc(N[C@H](C)CO)nc23)cc1/C=C\C. The van der Waals surface area contributed by atoms with Crippen LogP contribution in [0, 0.1) is 0 Å². The zero-order valence-electron chi connectivity index (χ0n) is 17.0. The standard InChI is InChI=1S/C21H23N5O3S/c1-5-6-13-7-16(17(29-4)8-15(13)22-3)25-20(28)14-11-30-18-9-23-21(26-19(14)18)24-12(2)10-27/h5-9,11-12,27H,3,10H2,1-2,4H3,(H,25,28)(H,23,24,26)/b6-5-/t12-/m1/s1. The minimum absolute atomic E-state index is 0.0533. The summed E-state index contributed by atoms with van der Waals surface area (Å²) in [6.45, 7) is 7.24. The minimum atomic E-state index is -0.315. The molecular weight excluding hydrogens is 402 g/mol. The summed E-state index contributed by atoms with van der Waals surface area (Å²) in [6, 6.07) is 3.31. The first-order valence-electron chi connectivity index (χ1n) is 9.25. The van der Waals surface area contributed by atoms with Gasteiger partial charge in [-0.25, -0.2) is 9.97 Å². The molecule has 2 aromatic heterocycles. The third-order valence-corrected chi connectivity index (χ3v) is 5.23. The monoisotopic (exact) mass is 425 g/mol. The fourth-order valence-electron chi connectivity index (χ4n) is 2.82. The van der Waals surface area contributed by atoms with Crippen molar-refractivity contribution in [3.8, 4) is 5.75 Å². The molecule has 1 aromatic carbocycles. The van der Waals surface area contributed by atoms with E-state index in [1.54, 1.807) is 23.7 Å². The molecule has 8 nitrogen and oxygen atoms in total. The van der Waals surface area contributed by atoms with E-state index in [9.17, 15) is 9.90 Å². The summed E-state index contributed by atoms with van der Waals surface area (Å²) in [5, 5.41) is 16.9. The Hall–Kier alpha value is -3.30. The Morgan fingerprint density at radius 2 is 2.27 bits per heavy atom. The normalized spacial score (nSPS) is 12.1. The maximum absolute atomic E-state index is 13.0. The number of carbonyl (C=O) groups is 1. The Kier molecular flexibility index (Phi) is 6.76. The number of hydrogen-bond acceptors (Lipinski definition) is 8. The molecule has 0 unspecified atom stereocenters. The second-order valence-corrected chi connectivity index (χ2v) is 7.42. The number of hydrogen-bond donors (Lipinski definition) is 3. The largest absolute Gasteiger partial charge is 0.494 e. The van der Waals surface area contributed by atoms with Crippen LogP contribution in [0.4, 0.5) is 17.3 Å². The quantitative estimate of drug-likeness (QED) is 0.469. The van der Waals surface area contributed by atoms with Gasteiger partial charge >= 0.3 is 0 Å². The third-order valence-electron chi connectivity index (χ3n) is 4.32. The molecule has 1 amide bonds. The van der Waals surface area contributed by atoms with E-state index < -0.39 is 0 Å². The molecule has 9 heteroatoms. The molecule has 0 fully saturated rings. The Morgan fingerprint density at radius 1 is 1.47 bits per heavy atom. The average Bonchev–Trinajstić information content (AvgIpc) is 3.17. The van der Waals surface area contributed by atoms with E-state index in [0.717, 1.165) is 10.3 Å². The van der Waals surface area contributed by atoms with Crippen molar-refractivity contribution in [2.24, 2.45) is 4.99 Å². The fourth-order valence-corrected chi connectivity index (χ4v) is 3.66. The maximum atomic E-state index is 13.0. The number of rotatable bonds is 8. The van der Waals surface area contributed by atoms with Gasteiger partial charge in [0.15, 0.2) is 0 Å². The lowest BCUT2D eigenvalue weighted by molar-refractivity contribution is 0.102. The topological polar surface area (TPSA) is 109 Å². The number of carbonyl (C=O) groups excluding carboxylic acids is 1. The number of ether oxygens (including phenoxy) is 1. The van der Waals surface area contributed by atoms with Gasteiger partial charge in [0.2, 0.25) is 5.95 Å². The van der Waals surface area contributed by atoms with Crippen molar-refractivity contribution in [3.63, 3.8) is 0 Å². The number of aliphatic hydroxyl groups is 1.